The van der Waals surface area contributed by atoms with Crippen molar-refractivity contribution in [2.24, 2.45) is 0 Å². The number of likely N-dealkylation sites (tertiary alicyclic amines) is 1. The smallest absolute Gasteiger partial charge is 0.331 e. The molecule has 1 aromatic carbocycles. The number of anilines is 1. The van der Waals surface area contributed by atoms with Crippen LogP contribution in [-0.4, -0.2) is 54.2 Å². The predicted octanol–water partition coefficient (Wildman–Crippen LogP) is 4.40. The molecule has 0 bridgehead atoms. The van der Waals surface area contributed by atoms with Crippen molar-refractivity contribution >= 4 is 22.7 Å². The number of aromatic nitrogens is 1. The van der Waals surface area contributed by atoms with Crippen molar-refractivity contribution in [3.05, 3.63) is 28.8 Å². The number of nitrogens with one attached hydrogen (secondary N) is 1. The zero-order valence-electron chi connectivity index (χ0n) is 19.5. The molecule has 0 amide bonds. The van der Waals surface area contributed by atoms with E-state index < -0.39 is 5.54 Å². The number of ether oxygens (including phenoxy) is 2. The van der Waals surface area contributed by atoms with Crippen LogP contribution in [0.25, 0.3) is 10.9 Å². The van der Waals surface area contributed by atoms with Crippen LogP contribution >= 0.6 is 0 Å². The van der Waals surface area contributed by atoms with E-state index in [0.29, 0.717) is 6.61 Å². The van der Waals surface area contributed by atoms with Gasteiger partial charge in [0.15, 0.2) is 0 Å². The molecule has 172 valence electrons. The number of esters is 1. The predicted molar refractivity (Wildman–Crippen MR) is 127 cm³/mol. The molecule has 0 radical (unpaired) electrons. The highest BCUT2D eigenvalue weighted by Crippen LogP contribution is 2.43. The average molecular weight is 438 g/mol. The molecule has 6 nitrogen and oxygen atoms in total. The van der Waals surface area contributed by atoms with E-state index in [2.05, 4.69) is 29.3 Å². The molecule has 0 unspecified atom stereocenters. The van der Waals surface area contributed by atoms with Gasteiger partial charge in [-0.3, -0.25) is 0 Å². The van der Waals surface area contributed by atoms with Crippen molar-refractivity contribution in [2.75, 3.05) is 38.2 Å². The molecule has 1 N–H and O–H groups in total. The number of hydrogen-bond donors (Lipinski definition) is 1. The van der Waals surface area contributed by atoms with Gasteiger partial charge in [0.2, 0.25) is 0 Å². The molecule has 5 rings (SSSR count). The van der Waals surface area contributed by atoms with Crippen LogP contribution in [0.15, 0.2) is 12.1 Å². The Kier molecular flexibility index (Phi) is 5.97. The van der Waals surface area contributed by atoms with Gasteiger partial charge < -0.3 is 19.7 Å². The summed E-state index contributed by atoms with van der Waals surface area (Å²) in [6.07, 6.45) is 8.51. The van der Waals surface area contributed by atoms with Crippen LogP contribution in [0.5, 0.6) is 5.75 Å². The van der Waals surface area contributed by atoms with E-state index in [1.54, 1.807) is 0 Å². The monoisotopic (exact) mass is 437 g/mol. The Morgan fingerprint density at radius 1 is 1.16 bits per heavy atom. The Morgan fingerprint density at radius 2 is 1.94 bits per heavy atom. The number of pyridine rings is 1. The molecule has 1 aromatic heterocycles. The van der Waals surface area contributed by atoms with Gasteiger partial charge in [-0.25, -0.2) is 9.78 Å². The zero-order chi connectivity index (χ0) is 22.1. The molecule has 32 heavy (non-hydrogen) atoms. The van der Waals surface area contributed by atoms with Gasteiger partial charge >= 0.3 is 5.97 Å². The van der Waals surface area contributed by atoms with Gasteiger partial charge in [0.25, 0.3) is 0 Å². The van der Waals surface area contributed by atoms with Crippen LogP contribution in [0.2, 0.25) is 0 Å². The minimum atomic E-state index is -0.591. The van der Waals surface area contributed by atoms with Crippen LogP contribution < -0.4 is 10.1 Å². The maximum atomic E-state index is 12.5. The summed E-state index contributed by atoms with van der Waals surface area (Å²) in [6, 6.07) is 4.33. The van der Waals surface area contributed by atoms with Crippen molar-refractivity contribution < 1.29 is 14.3 Å². The third kappa shape index (κ3) is 4.17. The highest BCUT2D eigenvalue weighted by atomic mass is 16.5. The molecule has 2 fully saturated rings. The van der Waals surface area contributed by atoms with Crippen LogP contribution in [0.4, 0.5) is 5.82 Å². The molecule has 0 spiro atoms. The molecule has 6 heteroatoms. The lowest BCUT2D eigenvalue weighted by molar-refractivity contribution is -0.145. The number of nitrogens with zero attached hydrogens (tertiary/aromatic N) is 2. The fraction of sp³-hybridized carbons (Fsp3) is 0.615. The summed E-state index contributed by atoms with van der Waals surface area (Å²) in [7, 11) is 0. The van der Waals surface area contributed by atoms with Gasteiger partial charge in [-0.15, -0.1) is 0 Å². The molecule has 1 saturated heterocycles. The fourth-order valence-corrected chi connectivity index (χ4v) is 5.24. The SMILES string of the molecule is CCOC(=O)C1(Nc2nc3cc(OCCCN4CCCC4)c(C)cc3c3c2CCC3)CC1. The second kappa shape index (κ2) is 8.89. The Morgan fingerprint density at radius 3 is 2.69 bits per heavy atom. The summed E-state index contributed by atoms with van der Waals surface area (Å²) in [6.45, 7) is 8.69. The normalized spacial score (nSPS) is 19.2. The van der Waals surface area contributed by atoms with Gasteiger partial charge in [-0.2, -0.15) is 0 Å². The van der Waals surface area contributed by atoms with Crippen LogP contribution in [-0.2, 0) is 22.4 Å². The number of fused-ring (bicyclic) bond motifs is 3. The number of carbonyl (C=O) groups excluding carboxylic acids is 1. The van der Waals surface area contributed by atoms with Gasteiger partial charge in [0.05, 0.1) is 18.7 Å². The van der Waals surface area contributed by atoms with Gasteiger partial charge in [-0.1, -0.05) is 0 Å². The van der Waals surface area contributed by atoms with E-state index >= 15 is 0 Å². The molecule has 2 aliphatic carbocycles. The first-order chi connectivity index (χ1) is 15.6. The van der Waals surface area contributed by atoms with Gasteiger partial charge in [0.1, 0.15) is 17.1 Å². The van der Waals surface area contributed by atoms with Gasteiger partial charge in [0, 0.05) is 18.0 Å². The van der Waals surface area contributed by atoms with Crippen molar-refractivity contribution in [1.29, 1.82) is 0 Å². The summed E-state index contributed by atoms with van der Waals surface area (Å²) in [5, 5.41) is 4.72. The van der Waals surface area contributed by atoms with E-state index in [1.165, 1.54) is 48.0 Å². The summed E-state index contributed by atoms with van der Waals surface area (Å²) in [5.41, 5.74) is 4.17. The van der Waals surface area contributed by atoms with E-state index in [4.69, 9.17) is 14.5 Å². The summed E-state index contributed by atoms with van der Waals surface area (Å²) < 4.78 is 11.5. The number of carbonyl (C=O) groups is 1. The van der Waals surface area contributed by atoms with E-state index in [-0.39, 0.29) is 5.97 Å². The highest BCUT2D eigenvalue weighted by molar-refractivity contribution is 5.91. The number of aryl methyl sites for hydroxylation is 2. The molecular formula is C26H35N3O3. The van der Waals surface area contributed by atoms with E-state index in [1.807, 2.05) is 6.92 Å². The van der Waals surface area contributed by atoms with E-state index in [0.717, 1.165) is 68.8 Å². The Bertz CT molecular complexity index is 1010. The maximum absolute atomic E-state index is 12.5. The fourth-order valence-electron chi connectivity index (χ4n) is 5.24. The Labute approximate surface area is 190 Å². The number of rotatable bonds is 9. The van der Waals surface area contributed by atoms with Crippen molar-refractivity contribution in [2.45, 2.75) is 70.8 Å². The molecule has 2 heterocycles. The number of hydrogen-bond acceptors (Lipinski definition) is 6. The molecule has 0 atom stereocenters. The summed E-state index contributed by atoms with van der Waals surface area (Å²) in [4.78, 5) is 20.0. The van der Waals surface area contributed by atoms with Crippen molar-refractivity contribution in [3.63, 3.8) is 0 Å². The number of benzene rings is 1. The summed E-state index contributed by atoms with van der Waals surface area (Å²) in [5.74, 6) is 1.63. The first kappa shape index (κ1) is 21.5. The Hall–Kier alpha value is -2.34. The van der Waals surface area contributed by atoms with Crippen LogP contribution in [0, 0.1) is 6.92 Å². The Balaban J connectivity index is 1.37. The molecule has 3 aliphatic rings. The van der Waals surface area contributed by atoms with Crippen molar-refractivity contribution in [1.82, 2.24) is 9.88 Å². The quantitative estimate of drug-likeness (QED) is 0.463. The summed E-state index contributed by atoms with van der Waals surface area (Å²) >= 11 is 0. The first-order valence-electron chi connectivity index (χ1n) is 12.4. The minimum Gasteiger partial charge on any atom is -0.493 e. The molecule has 1 saturated carbocycles. The van der Waals surface area contributed by atoms with E-state index in [9.17, 15) is 4.79 Å². The maximum Gasteiger partial charge on any atom is 0.331 e. The second-order valence-corrected chi connectivity index (χ2v) is 9.58. The van der Waals surface area contributed by atoms with Gasteiger partial charge in [-0.05, 0) is 101 Å². The van der Waals surface area contributed by atoms with Crippen LogP contribution in [0.1, 0.15) is 62.1 Å². The average Bonchev–Trinajstić information content (AvgIpc) is 3.17. The third-order valence-electron chi connectivity index (χ3n) is 7.20. The molecule has 1 aliphatic heterocycles. The minimum absolute atomic E-state index is 0.153. The second-order valence-electron chi connectivity index (χ2n) is 9.58. The standard InChI is InChI=1S/C26H35N3O3/c1-3-31-25(30)26(10-11-26)28-24-20-9-6-8-19(20)21-16-18(2)23(17-22(21)27-24)32-15-7-14-29-12-4-5-13-29/h16-17H,3-15H2,1-2H3,(H,27,28). The lowest BCUT2D eigenvalue weighted by Crippen LogP contribution is -2.34. The molecular weight excluding hydrogens is 402 g/mol. The molecule has 2 aromatic rings. The largest absolute Gasteiger partial charge is 0.493 e. The topological polar surface area (TPSA) is 63.7 Å². The highest BCUT2D eigenvalue weighted by Gasteiger charge is 2.52. The lowest BCUT2D eigenvalue weighted by atomic mass is 10.0. The first-order valence-corrected chi connectivity index (χ1v) is 12.4. The van der Waals surface area contributed by atoms with Crippen LogP contribution in [0.3, 0.4) is 0 Å². The van der Waals surface area contributed by atoms with Crippen molar-refractivity contribution in [3.8, 4) is 5.75 Å². The lowest BCUT2D eigenvalue weighted by Gasteiger charge is -2.20. The zero-order valence-corrected chi connectivity index (χ0v) is 19.5. The third-order valence-corrected chi connectivity index (χ3v) is 7.20.